The van der Waals surface area contributed by atoms with E-state index >= 15 is 0 Å². The summed E-state index contributed by atoms with van der Waals surface area (Å²) in [6.07, 6.45) is -1.30. The Bertz CT molecular complexity index is 1270. The number of alkyl halides is 3. The van der Waals surface area contributed by atoms with E-state index in [-0.39, 0.29) is 5.56 Å². The Hall–Kier alpha value is -3.87. The molecule has 0 aliphatic carbocycles. The molecule has 0 spiro atoms. The van der Waals surface area contributed by atoms with Crippen LogP contribution in [0.3, 0.4) is 0 Å². The van der Waals surface area contributed by atoms with Crippen LogP contribution in [-0.2, 0) is 0 Å². The molecule has 156 valence electrons. The topological polar surface area (TPSA) is 51.2 Å². The zero-order valence-electron chi connectivity index (χ0n) is 16.4. The van der Waals surface area contributed by atoms with Crippen molar-refractivity contribution >= 4 is 22.4 Å². The van der Waals surface area contributed by atoms with Crippen molar-refractivity contribution in [2.24, 2.45) is 0 Å². The highest BCUT2D eigenvalue weighted by atomic mass is 19.4. The van der Waals surface area contributed by atoms with Crippen LogP contribution in [0.5, 0.6) is 5.75 Å². The average molecular weight is 422 g/mol. The number of aromatic nitrogens is 1. The molecule has 4 aromatic rings. The quantitative estimate of drug-likeness (QED) is 0.416. The van der Waals surface area contributed by atoms with Crippen molar-refractivity contribution in [3.8, 4) is 16.9 Å². The van der Waals surface area contributed by atoms with E-state index < -0.39 is 18.0 Å². The van der Waals surface area contributed by atoms with Crippen LogP contribution in [0.4, 0.5) is 18.9 Å². The third kappa shape index (κ3) is 4.83. The first-order valence-corrected chi connectivity index (χ1v) is 9.40. The highest BCUT2D eigenvalue weighted by Crippen LogP contribution is 2.30. The van der Waals surface area contributed by atoms with Gasteiger partial charge in [-0.25, -0.2) is 0 Å². The van der Waals surface area contributed by atoms with Gasteiger partial charge in [0, 0.05) is 29.0 Å². The molecule has 0 aliphatic heterocycles. The Kier molecular flexibility index (Phi) is 5.33. The minimum absolute atomic E-state index is 0.0562. The number of carbonyl (C=O) groups is 1. The first-order chi connectivity index (χ1) is 14.8. The van der Waals surface area contributed by atoms with Gasteiger partial charge in [0.2, 0.25) is 0 Å². The monoisotopic (exact) mass is 422 g/mol. The fraction of sp³-hybridized carbons (Fsp3) is 0.0833. The van der Waals surface area contributed by atoms with Gasteiger partial charge >= 0.3 is 6.36 Å². The molecule has 0 atom stereocenters. The number of halogens is 3. The average Bonchev–Trinajstić information content (AvgIpc) is 2.73. The number of benzene rings is 3. The Balaban J connectivity index is 1.60. The molecule has 0 saturated carbocycles. The number of nitrogens with one attached hydrogen (secondary N) is 1. The zero-order chi connectivity index (χ0) is 22.0. The van der Waals surface area contributed by atoms with Gasteiger partial charge in [-0.2, -0.15) is 0 Å². The maximum absolute atomic E-state index is 12.6. The van der Waals surface area contributed by atoms with E-state index in [1.807, 2.05) is 43.3 Å². The molecular formula is C24H17F3N2O2. The molecule has 1 aromatic heterocycles. The molecule has 0 saturated heterocycles. The summed E-state index contributed by atoms with van der Waals surface area (Å²) in [4.78, 5) is 16.7. The third-order valence-electron chi connectivity index (χ3n) is 4.78. The summed E-state index contributed by atoms with van der Waals surface area (Å²) in [5.41, 5.74) is 3.49. The highest BCUT2D eigenvalue weighted by Gasteiger charge is 2.31. The first-order valence-electron chi connectivity index (χ1n) is 9.40. The largest absolute Gasteiger partial charge is 0.573 e. The summed E-state index contributed by atoms with van der Waals surface area (Å²) in [6.45, 7) is 1.96. The van der Waals surface area contributed by atoms with Crippen molar-refractivity contribution in [2.45, 2.75) is 13.3 Å². The minimum Gasteiger partial charge on any atom is -0.406 e. The lowest BCUT2D eigenvalue weighted by molar-refractivity contribution is -0.274. The molecule has 0 radical (unpaired) electrons. The SMILES string of the molecule is Cc1ccc(NC(=O)c2cccc(OC(F)(F)F)c2)cc1-c1ccc2ccncc2c1. The van der Waals surface area contributed by atoms with E-state index in [0.29, 0.717) is 5.69 Å². The molecule has 0 unspecified atom stereocenters. The van der Waals surface area contributed by atoms with Crippen molar-refractivity contribution in [2.75, 3.05) is 5.32 Å². The van der Waals surface area contributed by atoms with E-state index in [1.54, 1.807) is 18.5 Å². The molecule has 0 aliphatic rings. The molecule has 4 rings (SSSR count). The van der Waals surface area contributed by atoms with Crippen LogP contribution < -0.4 is 10.1 Å². The molecular weight excluding hydrogens is 405 g/mol. The standard InChI is InChI=1S/C24H17F3N2O2/c1-15-5-8-20(13-22(15)17-7-6-16-9-10-28-14-19(16)11-17)29-23(30)18-3-2-4-21(12-18)31-24(25,26)27/h2-14H,1H3,(H,29,30). The van der Waals surface area contributed by atoms with Crippen LogP contribution in [0, 0.1) is 6.92 Å². The van der Waals surface area contributed by atoms with E-state index in [2.05, 4.69) is 15.0 Å². The van der Waals surface area contributed by atoms with Gasteiger partial charge in [-0.1, -0.05) is 24.3 Å². The first kappa shape index (κ1) is 20.4. The number of aryl methyl sites for hydroxylation is 1. The summed E-state index contributed by atoms with van der Waals surface area (Å²) in [5.74, 6) is -0.986. The molecule has 1 heterocycles. The van der Waals surface area contributed by atoms with Crippen molar-refractivity contribution in [1.29, 1.82) is 0 Å². The smallest absolute Gasteiger partial charge is 0.406 e. The lowest BCUT2D eigenvalue weighted by Gasteiger charge is -2.12. The van der Waals surface area contributed by atoms with Crippen LogP contribution in [0.15, 0.2) is 79.1 Å². The number of fused-ring (bicyclic) bond motifs is 1. The minimum atomic E-state index is -4.82. The van der Waals surface area contributed by atoms with Crippen LogP contribution in [-0.4, -0.2) is 17.3 Å². The van der Waals surface area contributed by atoms with Gasteiger partial charge in [-0.05, 0) is 71.5 Å². The Labute approximate surface area is 176 Å². The number of rotatable bonds is 4. The van der Waals surface area contributed by atoms with Crippen LogP contribution in [0.2, 0.25) is 0 Å². The fourth-order valence-corrected chi connectivity index (χ4v) is 3.30. The molecule has 0 bridgehead atoms. The van der Waals surface area contributed by atoms with Gasteiger partial charge in [-0.3, -0.25) is 9.78 Å². The molecule has 0 fully saturated rings. The van der Waals surface area contributed by atoms with Crippen LogP contribution in [0.25, 0.3) is 21.9 Å². The third-order valence-corrected chi connectivity index (χ3v) is 4.78. The molecule has 3 aromatic carbocycles. The van der Waals surface area contributed by atoms with Crippen LogP contribution >= 0.6 is 0 Å². The van der Waals surface area contributed by atoms with E-state index in [4.69, 9.17) is 0 Å². The van der Waals surface area contributed by atoms with Gasteiger partial charge in [0.25, 0.3) is 5.91 Å². The predicted molar refractivity (Wildman–Crippen MR) is 113 cm³/mol. The van der Waals surface area contributed by atoms with E-state index in [9.17, 15) is 18.0 Å². The predicted octanol–water partition coefficient (Wildman–Crippen LogP) is 6.36. The normalized spacial score (nSPS) is 11.4. The van der Waals surface area contributed by atoms with Gasteiger partial charge in [-0.15, -0.1) is 13.2 Å². The number of hydrogen-bond donors (Lipinski definition) is 1. The van der Waals surface area contributed by atoms with Crippen molar-refractivity contribution in [1.82, 2.24) is 4.98 Å². The van der Waals surface area contributed by atoms with Gasteiger partial charge in [0.05, 0.1) is 0 Å². The second-order valence-electron chi connectivity index (χ2n) is 7.00. The van der Waals surface area contributed by atoms with E-state index in [0.717, 1.165) is 39.6 Å². The summed E-state index contributed by atoms with van der Waals surface area (Å²) in [7, 11) is 0. The molecule has 1 amide bonds. The second-order valence-corrected chi connectivity index (χ2v) is 7.00. The fourth-order valence-electron chi connectivity index (χ4n) is 3.30. The maximum Gasteiger partial charge on any atom is 0.573 e. The molecule has 31 heavy (non-hydrogen) atoms. The molecule has 7 heteroatoms. The lowest BCUT2D eigenvalue weighted by atomic mass is 9.98. The maximum atomic E-state index is 12.6. The van der Waals surface area contributed by atoms with Crippen molar-refractivity contribution in [3.63, 3.8) is 0 Å². The van der Waals surface area contributed by atoms with Gasteiger partial charge in [0.1, 0.15) is 5.75 Å². The number of nitrogens with zero attached hydrogens (tertiary/aromatic N) is 1. The Morgan fingerprint density at radius 2 is 1.81 bits per heavy atom. The van der Waals surface area contributed by atoms with Crippen LogP contribution in [0.1, 0.15) is 15.9 Å². The van der Waals surface area contributed by atoms with Crippen molar-refractivity contribution in [3.05, 3.63) is 90.3 Å². The highest BCUT2D eigenvalue weighted by molar-refractivity contribution is 6.05. The molecule has 4 nitrogen and oxygen atoms in total. The lowest BCUT2D eigenvalue weighted by Crippen LogP contribution is -2.18. The summed E-state index contributed by atoms with van der Waals surface area (Å²) in [5, 5.41) is 4.80. The number of amides is 1. The summed E-state index contributed by atoms with van der Waals surface area (Å²) >= 11 is 0. The Morgan fingerprint density at radius 3 is 2.61 bits per heavy atom. The summed E-state index contributed by atoms with van der Waals surface area (Å²) in [6, 6.07) is 18.4. The number of hydrogen-bond acceptors (Lipinski definition) is 3. The summed E-state index contributed by atoms with van der Waals surface area (Å²) < 4.78 is 41.2. The van der Waals surface area contributed by atoms with E-state index in [1.165, 1.54) is 12.1 Å². The number of anilines is 1. The number of ether oxygens (including phenoxy) is 1. The van der Waals surface area contributed by atoms with Crippen molar-refractivity contribution < 1.29 is 22.7 Å². The number of carbonyl (C=O) groups excluding carboxylic acids is 1. The van der Waals surface area contributed by atoms with Gasteiger partial charge in [0.15, 0.2) is 0 Å². The van der Waals surface area contributed by atoms with Gasteiger partial charge < -0.3 is 10.1 Å². The number of pyridine rings is 1. The zero-order valence-corrected chi connectivity index (χ0v) is 16.4. The second kappa shape index (κ2) is 8.10. The molecule has 1 N–H and O–H groups in total. The Morgan fingerprint density at radius 1 is 0.968 bits per heavy atom.